The SMILES string of the molecule is C=CC(=O)N1CCC(n2cc(Nc3ncc(C(N)=O)c(Nc4c(C)cc(Cl)cc4OC)n3)cn2)CC1. The summed E-state index contributed by atoms with van der Waals surface area (Å²) in [6.07, 6.45) is 7.82. The van der Waals surface area contributed by atoms with Gasteiger partial charge < -0.3 is 26.0 Å². The van der Waals surface area contributed by atoms with Crippen LogP contribution in [0.15, 0.2) is 43.4 Å². The predicted molar refractivity (Wildman–Crippen MR) is 137 cm³/mol. The largest absolute Gasteiger partial charge is 0.495 e. The van der Waals surface area contributed by atoms with Crippen molar-refractivity contribution in [3.63, 3.8) is 0 Å². The second kappa shape index (κ2) is 10.6. The monoisotopic (exact) mass is 510 g/mol. The Morgan fingerprint density at radius 1 is 1.25 bits per heavy atom. The van der Waals surface area contributed by atoms with Gasteiger partial charge in [0.1, 0.15) is 17.1 Å². The number of piperidine rings is 1. The third kappa shape index (κ3) is 5.41. The maximum atomic E-state index is 12.0. The minimum atomic E-state index is -0.677. The van der Waals surface area contributed by atoms with E-state index in [1.807, 2.05) is 17.8 Å². The summed E-state index contributed by atoms with van der Waals surface area (Å²) < 4.78 is 7.30. The molecule has 1 aromatic carbocycles. The highest BCUT2D eigenvalue weighted by Gasteiger charge is 2.23. The number of aryl methyl sites for hydroxylation is 1. The highest BCUT2D eigenvalue weighted by Crippen LogP contribution is 2.35. The third-order valence-electron chi connectivity index (χ3n) is 5.96. The molecule has 2 aromatic heterocycles. The van der Waals surface area contributed by atoms with Crippen LogP contribution < -0.4 is 21.1 Å². The molecule has 1 aliphatic heterocycles. The second-order valence-corrected chi connectivity index (χ2v) is 8.78. The minimum Gasteiger partial charge on any atom is -0.495 e. The Balaban J connectivity index is 1.52. The van der Waals surface area contributed by atoms with Gasteiger partial charge >= 0.3 is 0 Å². The molecule has 2 amide bonds. The van der Waals surface area contributed by atoms with Crippen LogP contribution in [0.4, 0.5) is 23.1 Å². The first-order chi connectivity index (χ1) is 17.3. The van der Waals surface area contributed by atoms with Gasteiger partial charge in [-0.25, -0.2) is 4.98 Å². The maximum absolute atomic E-state index is 12.0. The molecule has 36 heavy (non-hydrogen) atoms. The van der Waals surface area contributed by atoms with Crippen LogP contribution in [0.3, 0.4) is 0 Å². The van der Waals surface area contributed by atoms with Gasteiger partial charge in [-0.15, -0.1) is 0 Å². The average Bonchev–Trinajstić information content (AvgIpc) is 3.33. The smallest absolute Gasteiger partial charge is 0.254 e. The van der Waals surface area contributed by atoms with Gasteiger partial charge in [0.25, 0.3) is 5.91 Å². The molecule has 0 radical (unpaired) electrons. The van der Waals surface area contributed by atoms with Crippen molar-refractivity contribution in [2.75, 3.05) is 30.8 Å². The Morgan fingerprint density at radius 2 is 2.00 bits per heavy atom. The molecule has 3 aromatic rings. The van der Waals surface area contributed by atoms with E-state index in [0.717, 1.165) is 18.4 Å². The highest BCUT2D eigenvalue weighted by molar-refractivity contribution is 6.31. The Kier molecular flexibility index (Phi) is 7.39. The number of nitrogens with zero attached hydrogens (tertiary/aromatic N) is 5. The molecular weight excluding hydrogens is 484 g/mol. The van der Waals surface area contributed by atoms with Crippen molar-refractivity contribution in [2.45, 2.75) is 25.8 Å². The molecule has 1 aliphatic rings. The zero-order valence-electron chi connectivity index (χ0n) is 20.0. The number of hydrogen-bond acceptors (Lipinski definition) is 8. The lowest BCUT2D eigenvalue weighted by atomic mass is 10.1. The lowest BCUT2D eigenvalue weighted by molar-refractivity contribution is -0.127. The first-order valence-corrected chi connectivity index (χ1v) is 11.7. The number of nitrogens with two attached hydrogens (primary N) is 1. The quantitative estimate of drug-likeness (QED) is 0.390. The molecule has 188 valence electrons. The maximum Gasteiger partial charge on any atom is 0.254 e. The van der Waals surface area contributed by atoms with Crippen LogP contribution >= 0.6 is 11.6 Å². The lowest BCUT2D eigenvalue weighted by Crippen LogP contribution is -2.38. The van der Waals surface area contributed by atoms with E-state index in [0.29, 0.717) is 35.2 Å². The fourth-order valence-corrected chi connectivity index (χ4v) is 4.34. The number of carbonyl (C=O) groups is 2. The number of rotatable bonds is 8. The number of nitrogens with one attached hydrogen (secondary N) is 2. The van der Waals surface area contributed by atoms with E-state index in [-0.39, 0.29) is 29.3 Å². The van der Waals surface area contributed by atoms with E-state index in [1.54, 1.807) is 23.2 Å². The molecule has 4 rings (SSSR count). The van der Waals surface area contributed by atoms with E-state index in [2.05, 4.69) is 32.3 Å². The normalized spacial score (nSPS) is 13.8. The number of primary amides is 1. The van der Waals surface area contributed by atoms with Crippen molar-refractivity contribution in [2.24, 2.45) is 5.73 Å². The molecule has 11 nitrogen and oxygen atoms in total. The number of anilines is 4. The van der Waals surface area contributed by atoms with Crippen molar-refractivity contribution in [1.29, 1.82) is 0 Å². The zero-order chi connectivity index (χ0) is 25.8. The Hall–Kier alpha value is -4.12. The minimum absolute atomic E-state index is 0.0522. The number of amides is 2. The molecule has 0 unspecified atom stereocenters. The molecule has 12 heteroatoms. The highest BCUT2D eigenvalue weighted by atomic mass is 35.5. The van der Waals surface area contributed by atoms with Gasteiger partial charge in [0.2, 0.25) is 11.9 Å². The number of benzene rings is 1. The summed E-state index contributed by atoms with van der Waals surface area (Å²) in [4.78, 5) is 34.3. The molecule has 0 spiro atoms. The Bertz CT molecular complexity index is 1300. The first kappa shape index (κ1) is 25.0. The summed E-state index contributed by atoms with van der Waals surface area (Å²) in [6, 6.07) is 3.60. The van der Waals surface area contributed by atoms with Crippen molar-refractivity contribution < 1.29 is 14.3 Å². The van der Waals surface area contributed by atoms with Gasteiger partial charge in [-0.2, -0.15) is 10.1 Å². The Labute approximate surface area is 213 Å². The van der Waals surface area contributed by atoms with Crippen LogP contribution in [0.25, 0.3) is 0 Å². The van der Waals surface area contributed by atoms with E-state index in [1.165, 1.54) is 19.4 Å². The zero-order valence-corrected chi connectivity index (χ0v) is 20.7. The molecule has 4 N–H and O–H groups in total. The summed E-state index contributed by atoms with van der Waals surface area (Å²) in [6.45, 7) is 6.70. The van der Waals surface area contributed by atoms with E-state index in [4.69, 9.17) is 22.1 Å². The summed E-state index contributed by atoms with van der Waals surface area (Å²) >= 11 is 6.14. The summed E-state index contributed by atoms with van der Waals surface area (Å²) in [5.74, 6) is 0.229. The topological polar surface area (TPSA) is 140 Å². The van der Waals surface area contributed by atoms with E-state index < -0.39 is 5.91 Å². The molecule has 3 heterocycles. The summed E-state index contributed by atoms with van der Waals surface area (Å²) in [5.41, 5.74) is 7.75. The van der Waals surface area contributed by atoms with Crippen LogP contribution in [0.1, 0.15) is 34.8 Å². The van der Waals surface area contributed by atoms with E-state index in [9.17, 15) is 9.59 Å². The molecule has 1 fully saturated rings. The number of carbonyl (C=O) groups excluding carboxylic acids is 2. The van der Waals surface area contributed by atoms with Crippen LogP contribution in [-0.4, -0.2) is 56.7 Å². The fraction of sp³-hybridized carbons (Fsp3) is 0.292. The Morgan fingerprint density at radius 3 is 2.67 bits per heavy atom. The van der Waals surface area contributed by atoms with Crippen LogP contribution in [-0.2, 0) is 4.79 Å². The standard InChI is InChI=1S/C24H27ClN8O3/c1-4-20(34)32-7-5-17(6-8-32)33-13-16(11-28-33)29-24-27-12-18(22(26)35)23(31-24)30-21-14(2)9-15(25)10-19(21)36-3/h4,9-13,17H,1,5-8H2,2-3H3,(H2,26,35)(H2,27,29,30,31). The van der Waals surface area contributed by atoms with Crippen molar-refractivity contribution >= 4 is 46.6 Å². The van der Waals surface area contributed by atoms with Crippen molar-refractivity contribution in [3.05, 3.63) is 59.5 Å². The molecular formula is C24H27ClN8O3. The second-order valence-electron chi connectivity index (χ2n) is 8.34. The van der Waals surface area contributed by atoms with Crippen LogP contribution in [0, 0.1) is 6.92 Å². The van der Waals surface area contributed by atoms with Crippen molar-refractivity contribution in [1.82, 2.24) is 24.6 Å². The summed E-state index contributed by atoms with van der Waals surface area (Å²) in [7, 11) is 1.52. The first-order valence-electron chi connectivity index (χ1n) is 11.3. The number of methoxy groups -OCH3 is 1. The lowest BCUT2D eigenvalue weighted by Gasteiger charge is -2.31. The van der Waals surface area contributed by atoms with Gasteiger partial charge in [0.05, 0.1) is 30.7 Å². The molecule has 0 aliphatic carbocycles. The average molecular weight is 511 g/mol. The van der Waals surface area contributed by atoms with Gasteiger partial charge in [0.15, 0.2) is 0 Å². The number of hydrogen-bond donors (Lipinski definition) is 3. The molecule has 0 atom stereocenters. The fourth-order valence-electron chi connectivity index (χ4n) is 4.08. The number of aromatic nitrogens is 4. The number of halogens is 1. The van der Waals surface area contributed by atoms with Gasteiger partial charge in [-0.1, -0.05) is 18.2 Å². The van der Waals surface area contributed by atoms with Crippen LogP contribution in [0.2, 0.25) is 5.02 Å². The molecule has 1 saturated heterocycles. The van der Waals surface area contributed by atoms with Crippen molar-refractivity contribution in [3.8, 4) is 5.75 Å². The summed E-state index contributed by atoms with van der Waals surface area (Å²) in [5, 5.41) is 11.2. The predicted octanol–water partition coefficient (Wildman–Crippen LogP) is 3.58. The van der Waals surface area contributed by atoms with Crippen LogP contribution in [0.5, 0.6) is 5.75 Å². The number of ether oxygens (including phenoxy) is 1. The van der Waals surface area contributed by atoms with Gasteiger partial charge in [-0.05, 0) is 37.5 Å². The molecule has 0 bridgehead atoms. The third-order valence-corrected chi connectivity index (χ3v) is 6.18. The van der Waals surface area contributed by atoms with Gasteiger partial charge in [0, 0.05) is 36.6 Å². The number of likely N-dealkylation sites (tertiary alicyclic amines) is 1. The molecule has 0 saturated carbocycles. The van der Waals surface area contributed by atoms with E-state index >= 15 is 0 Å². The van der Waals surface area contributed by atoms with Gasteiger partial charge in [-0.3, -0.25) is 14.3 Å².